The van der Waals surface area contributed by atoms with Gasteiger partial charge in [-0.15, -0.1) is 0 Å². The molecule has 3 aromatic rings. The number of rotatable bonds is 6. The van der Waals surface area contributed by atoms with Crippen LogP contribution in [-0.2, 0) is 17.6 Å². The van der Waals surface area contributed by atoms with Crippen molar-refractivity contribution in [1.82, 2.24) is 9.78 Å². The van der Waals surface area contributed by atoms with Crippen LogP contribution in [0.5, 0.6) is 0 Å². The second kappa shape index (κ2) is 9.34. The lowest BCUT2D eigenvalue weighted by Crippen LogP contribution is -2.17. The summed E-state index contributed by atoms with van der Waals surface area (Å²) in [6, 6.07) is 11.6. The first-order valence-electron chi connectivity index (χ1n) is 11.1. The smallest absolute Gasteiger partial charge is 0.276 e. The lowest BCUT2D eigenvalue weighted by molar-refractivity contribution is -0.116. The van der Waals surface area contributed by atoms with Crippen LogP contribution in [0.3, 0.4) is 0 Å². The van der Waals surface area contributed by atoms with E-state index in [2.05, 4.69) is 15.7 Å². The molecule has 1 aliphatic carbocycles. The number of hydrogen-bond acceptors (Lipinski definition) is 3. The monoisotopic (exact) mass is 434 g/mol. The number of anilines is 2. The van der Waals surface area contributed by atoms with Crippen LogP contribution in [0.25, 0.3) is 5.69 Å². The molecule has 1 heterocycles. The molecule has 0 saturated carbocycles. The number of aromatic nitrogens is 2. The summed E-state index contributed by atoms with van der Waals surface area (Å²) in [5, 5.41) is 10.5. The Balaban J connectivity index is 1.63. The average molecular weight is 435 g/mol. The highest BCUT2D eigenvalue weighted by Gasteiger charge is 2.26. The van der Waals surface area contributed by atoms with Crippen LogP contribution in [0.1, 0.15) is 59.9 Å². The van der Waals surface area contributed by atoms with Gasteiger partial charge < -0.3 is 10.6 Å². The molecule has 2 aromatic carbocycles. The molecule has 0 unspecified atom stereocenters. The highest BCUT2D eigenvalue weighted by Crippen LogP contribution is 2.29. The minimum Gasteiger partial charge on any atom is -0.326 e. The van der Waals surface area contributed by atoms with E-state index in [0.717, 1.165) is 54.6 Å². The van der Waals surface area contributed by atoms with Crippen LogP contribution in [0.4, 0.5) is 15.8 Å². The first-order chi connectivity index (χ1) is 15.5. The fourth-order valence-electron chi connectivity index (χ4n) is 4.11. The van der Waals surface area contributed by atoms with Crippen LogP contribution in [0.2, 0.25) is 0 Å². The summed E-state index contributed by atoms with van der Waals surface area (Å²) < 4.78 is 15.2. The van der Waals surface area contributed by atoms with E-state index in [4.69, 9.17) is 0 Å². The van der Waals surface area contributed by atoms with E-state index in [1.54, 1.807) is 22.9 Å². The van der Waals surface area contributed by atoms with Crippen LogP contribution < -0.4 is 10.6 Å². The fourth-order valence-corrected chi connectivity index (χ4v) is 4.11. The molecule has 6 nitrogen and oxygen atoms in total. The third kappa shape index (κ3) is 4.42. The van der Waals surface area contributed by atoms with Crippen molar-refractivity contribution in [2.45, 2.75) is 52.4 Å². The normalized spacial score (nSPS) is 12.8. The van der Waals surface area contributed by atoms with Crippen molar-refractivity contribution >= 4 is 23.2 Å². The Bertz CT molecular complexity index is 1150. The number of carbonyl (C=O) groups is 2. The van der Waals surface area contributed by atoms with Gasteiger partial charge in [-0.05, 0) is 81.0 Å². The van der Waals surface area contributed by atoms with Crippen molar-refractivity contribution in [3.63, 3.8) is 0 Å². The number of benzene rings is 2. The summed E-state index contributed by atoms with van der Waals surface area (Å²) in [5.41, 5.74) is 5.18. The van der Waals surface area contributed by atoms with Crippen molar-refractivity contribution in [1.29, 1.82) is 0 Å². The molecular weight excluding hydrogens is 407 g/mol. The number of amides is 2. The van der Waals surface area contributed by atoms with E-state index >= 15 is 0 Å². The molecule has 32 heavy (non-hydrogen) atoms. The molecule has 0 fully saturated rings. The Kier molecular flexibility index (Phi) is 6.35. The number of carbonyl (C=O) groups excluding carboxylic acids is 2. The van der Waals surface area contributed by atoms with E-state index in [9.17, 15) is 14.0 Å². The van der Waals surface area contributed by atoms with Crippen molar-refractivity contribution in [3.8, 4) is 5.69 Å². The quantitative estimate of drug-likeness (QED) is 0.561. The van der Waals surface area contributed by atoms with Crippen LogP contribution in [-0.4, -0.2) is 21.6 Å². The van der Waals surface area contributed by atoms with E-state index in [1.807, 2.05) is 26.0 Å². The molecule has 0 spiro atoms. The van der Waals surface area contributed by atoms with Gasteiger partial charge in [0, 0.05) is 29.1 Å². The SMILES string of the molecule is CCCC(=O)Nc1cccc(NC(=O)c2nn(-c3ccc(F)cc3)c3c2CCCC3)c1C. The van der Waals surface area contributed by atoms with Gasteiger partial charge in [0.05, 0.1) is 5.69 Å². The summed E-state index contributed by atoms with van der Waals surface area (Å²) in [5.74, 6) is -0.649. The minimum absolute atomic E-state index is 0.0498. The predicted octanol–water partition coefficient (Wildman–Crippen LogP) is 5.19. The molecule has 0 radical (unpaired) electrons. The molecule has 0 bridgehead atoms. The standard InChI is InChI=1S/C25H27FN4O2/c1-3-7-23(31)27-20-9-6-10-21(16(20)2)28-25(32)24-19-8-4-5-11-22(19)30(29-24)18-14-12-17(26)13-15-18/h6,9-10,12-15H,3-5,7-8,11H2,1-2H3,(H,27,31)(H,28,32). The molecule has 166 valence electrons. The maximum absolute atomic E-state index is 13.4. The Morgan fingerprint density at radius 1 is 1.03 bits per heavy atom. The van der Waals surface area contributed by atoms with Gasteiger partial charge in [-0.3, -0.25) is 9.59 Å². The number of nitrogens with zero attached hydrogens (tertiary/aromatic N) is 2. The molecule has 4 rings (SSSR count). The molecule has 2 amide bonds. The molecule has 2 N–H and O–H groups in total. The van der Waals surface area contributed by atoms with Gasteiger partial charge in [-0.2, -0.15) is 5.10 Å². The number of hydrogen-bond donors (Lipinski definition) is 2. The van der Waals surface area contributed by atoms with Gasteiger partial charge >= 0.3 is 0 Å². The summed E-state index contributed by atoms with van der Waals surface area (Å²) in [7, 11) is 0. The van der Waals surface area contributed by atoms with Gasteiger partial charge in [0.15, 0.2) is 5.69 Å². The van der Waals surface area contributed by atoms with E-state index in [-0.39, 0.29) is 17.6 Å². The highest BCUT2D eigenvalue weighted by atomic mass is 19.1. The lowest BCUT2D eigenvalue weighted by Gasteiger charge is -2.15. The first-order valence-corrected chi connectivity index (χ1v) is 11.1. The van der Waals surface area contributed by atoms with E-state index in [1.165, 1.54) is 12.1 Å². The fraction of sp³-hybridized carbons (Fsp3) is 0.320. The van der Waals surface area contributed by atoms with Gasteiger partial charge in [-0.25, -0.2) is 9.07 Å². The van der Waals surface area contributed by atoms with Crippen LogP contribution in [0.15, 0.2) is 42.5 Å². The van der Waals surface area contributed by atoms with Gasteiger partial charge in [0.1, 0.15) is 5.82 Å². The van der Waals surface area contributed by atoms with Crippen molar-refractivity contribution in [2.75, 3.05) is 10.6 Å². The van der Waals surface area contributed by atoms with Gasteiger partial charge in [0.2, 0.25) is 5.91 Å². The predicted molar refractivity (Wildman–Crippen MR) is 123 cm³/mol. The zero-order valence-corrected chi connectivity index (χ0v) is 18.4. The number of halogens is 1. The van der Waals surface area contributed by atoms with E-state index < -0.39 is 0 Å². The molecule has 7 heteroatoms. The summed E-state index contributed by atoms with van der Waals surface area (Å²) in [6.07, 6.45) is 4.85. The Morgan fingerprint density at radius 3 is 2.44 bits per heavy atom. The molecule has 0 atom stereocenters. The lowest BCUT2D eigenvalue weighted by atomic mass is 9.95. The van der Waals surface area contributed by atoms with E-state index in [0.29, 0.717) is 23.5 Å². The molecule has 0 saturated heterocycles. The topological polar surface area (TPSA) is 76.0 Å². The van der Waals surface area contributed by atoms with Crippen molar-refractivity contribution < 1.29 is 14.0 Å². The second-order valence-corrected chi connectivity index (χ2v) is 8.10. The molecule has 0 aliphatic heterocycles. The Hall–Kier alpha value is -3.48. The number of fused-ring (bicyclic) bond motifs is 1. The first kappa shape index (κ1) is 21.7. The summed E-state index contributed by atoms with van der Waals surface area (Å²) in [6.45, 7) is 3.82. The summed E-state index contributed by atoms with van der Waals surface area (Å²) >= 11 is 0. The number of nitrogens with one attached hydrogen (secondary N) is 2. The maximum Gasteiger partial charge on any atom is 0.276 e. The molecule has 1 aliphatic rings. The summed E-state index contributed by atoms with van der Waals surface area (Å²) in [4.78, 5) is 25.2. The van der Waals surface area contributed by atoms with Crippen molar-refractivity contribution in [2.24, 2.45) is 0 Å². The Morgan fingerprint density at radius 2 is 1.72 bits per heavy atom. The van der Waals surface area contributed by atoms with Crippen LogP contribution >= 0.6 is 0 Å². The van der Waals surface area contributed by atoms with Crippen LogP contribution in [0, 0.1) is 12.7 Å². The maximum atomic E-state index is 13.4. The zero-order chi connectivity index (χ0) is 22.7. The van der Waals surface area contributed by atoms with Gasteiger partial charge in [-0.1, -0.05) is 13.0 Å². The molecular formula is C25H27FN4O2. The Labute approximate surface area is 186 Å². The minimum atomic E-state index is -0.311. The third-order valence-corrected chi connectivity index (χ3v) is 5.80. The second-order valence-electron chi connectivity index (χ2n) is 8.10. The van der Waals surface area contributed by atoms with Gasteiger partial charge in [0.25, 0.3) is 5.91 Å². The zero-order valence-electron chi connectivity index (χ0n) is 18.4. The highest BCUT2D eigenvalue weighted by molar-refractivity contribution is 6.05. The largest absolute Gasteiger partial charge is 0.326 e. The average Bonchev–Trinajstić information content (AvgIpc) is 3.17. The molecule has 1 aromatic heterocycles. The third-order valence-electron chi connectivity index (χ3n) is 5.80. The van der Waals surface area contributed by atoms with Crippen molar-refractivity contribution in [3.05, 3.63) is 70.8 Å².